The van der Waals surface area contributed by atoms with Crippen LogP contribution < -0.4 is 0 Å². The van der Waals surface area contributed by atoms with E-state index in [0.29, 0.717) is 5.92 Å². The molecule has 1 atom stereocenters. The molecule has 0 nitrogen and oxygen atoms in total. The summed E-state index contributed by atoms with van der Waals surface area (Å²) in [5.41, 5.74) is 2.67. The molecule has 0 fully saturated rings. The lowest BCUT2D eigenvalue weighted by molar-refractivity contribution is 0.561. The van der Waals surface area contributed by atoms with E-state index in [1.807, 2.05) is 0 Å². The molecule has 1 aromatic rings. The van der Waals surface area contributed by atoms with Crippen molar-refractivity contribution in [3.05, 3.63) is 35.4 Å². The van der Waals surface area contributed by atoms with Crippen molar-refractivity contribution in [2.45, 2.75) is 39.0 Å². The van der Waals surface area contributed by atoms with Crippen molar-refractivity contribution in [3.63, 3.8) is 0 Å². The van der Waals surface area contributed by atoms with Gasteiger partial charge in [0.25, 0.3) is 0 Å². The van der Waals surface area contributed by atoms with Crippen molar-refractivity contribution in [2.24, 2.45) is 5.92 Å². The summed E-state index contributed by atoms with van der Waals surface area (Å²) < 4.78 is 0. The van der Waals surface area contributed by atoms with Crippen LogP contribution in [0.5, 0.6) is 0 Å². The molecule has 0 bridgehead atoms. The lowest BCUT2D eigenvalue weighted by Gasteiger charge is -2.12. The molecule has 0 amide bonds. The average Bonchev–Trinajstić information content (AvgIpc) is 2.01. The zero-order valence-electron chi connectivity index (χ0n) is 9.26. The molecule has 0 aromatic heterocycles. The van der Waals surface area contributed by atoms with Gasteiger partial charge in [0.05, 0.1) is 0 Å². The van der Waals surface area contributed by atoms with E-state index in [0.717, 1.165) is 12.8 Å². The molecule has 0 saturated heterocycles. The predicted octanol–water partition coefficient (Wildman–Crippen LogP) is 4.19. The first-order chi connectivity index (χ1) is 6.58. The zero-order chi connectivity index (χ0) is 10.6. The summed E-state index contributed by atoms with van der Waals surface area (Å²) in [5, 5.41) is 0.275. The highest BCUT2D eigenvalue weighted by atomic mass is 35.5. The minimum Gasteiger partial charge on any atom is -0.123 e. The standard InChI is InChI=1S/C13H19Cl/c1-10(2)7-13(14)9-12-6-4-5-11(3)8-12/h4-6,8,10,13H,7,9H2,1-3H3. The van der Waals surface area contributed by atoms with Crippen LogP contribution in [0.3, 0.4) is 0 Å². The van der Waals surface area contributed by atoms with Crippen LogP contribution in [0.15, 0.2) is 24.3 Å². The SMILES string of the molecule is Cc1cccc(CC(Cl)CC(C)C)c1. The molecule has 0 N–H and O–H groups in total. The highest BCUT2D eigenvalue weighted by molar-refractivity contribution is 6.20. The van der Waals surface area contributed by atoms with E-state index < -0.39 is 0 Å². The second kappa shape index (κ2) is 5.41. The van der Waals surface area contributed by atoms with Gasteiger partial charge in [0.15, 0.2) is 0 Å². The number of alkyl halides is 1. The van der Waals surface area contributed by atoms with Gasteiger partial charge in [0.2, 0.25) is 0 Å². The molecule has 1 rings (SSSR count). The first-order valence-corrected chi connectivity index (χ1v) is 5.71. The van der Waals surface area contributed by atoms with Gasteiger partial charge in [-0.2, -0.15) is 0 Å². The van der Waals surface area contributed by atoms with E-state index in [1.165, 1.54) is 11.1 Å². The number of aryl methyl sites for hydroxylation is 1. The van der Waals surface area contributed by atoms with Crippen molar-refractivity contribution in [1.29, 1.82) is 0 Å². The Kier molecular flexibility index (Phi) is 4.47. The minimum atomic E-state index is 0.275. The van der Waals surface area contributed by atoms with Crippen LogP contribution >= 0.6 is 11.6 Å². The second-order valence-corrected chi connectivity index (χ2v) is 5.04. The van der Waals surface area contributed by atoms with Gasteiger partial charge < -0.3 is 0 Å². The molecule has 0 saturated carbocycles. The third kappa shape index (κ3) is 4.15. The van der Waals surface area contributed by atoms with Crippen LogP contribution in [0.4, 0.5) is 0 Å². The van der Waals surface area contributed by atoms with Crippen LogP contribution in [0, 0.1) is 12.8 Å². The van der Waals surface area contributed by atoms with Crippen LogP contribution in [0.25, 0.3) is 0 Å². The topological polar surface area (TPSA) is 0 Å². The summed E-state index contributed by atoms with van der Waals surface area (Å²) in [7, 11) is 0. The van der Waals surface area contributed by atoms with Gasteiger partial charge in [-0.05, 0) is 31.2 Å². The maximum Gasteiger partial charge on any atom is 0.0378 e. The fourth-order valence-corrected chi connectivity index (χ4v) is 2.22. The van der Waals surface area contributed by atoms with Gasteiger partial charge in [0, 0.05) is 5.38 Å². The first-order valence-electron chi connectivity index (χ1n) is 5.27. The minimum absolute atomic E-state index is 0.275. The van der Waals surface area contributed by atoms with Crippen molar-refractivity contribution < 1.29 is 0 Å². The highest BCUT2D eigenvalue weighted by Crippen LogP contribution is 2.16. The Bertz CT molecular complexity index is 278. The van der Waals surface area contributed by atoms with E-state index in [9.17, 15) is 0 Å². The fraction of sp³-hybridized carbons (Fsp3) is 0.538. The van der Waals surface area contributed by atoms with Crippen LogP contribution in [0.1, 0.15) is 31.4 Å². The molecular formula is C13H19Cl. The lowest BCUT2D eigenvalue weighted by atomic mass is 10.0. The summed E-state index contributed by atoms with van der Waals surface area (Å²) in [6.45, 7) is 6.55. The van der Waals surface area contributed by atoms with Gasteiger partial charge in [-0.1, -0.05) is 43.7 Å². The van der Waals surface area contributed by atoms with Crippen molar-refractivity contribution in [2.75, 3.05) is 0 Å². The molecule has 0 aliphatic carbocycles. The molecule has 1 aromatic carbocycles. The van der Waals surface area contributed by atoms with E-state index in [2.05, 4.69) is 45.0 Å². The summed E-state index contributed by atoms with van der Waals surface area (Å²) in [6, 6.07) is 8.59. The Balaban J connectivity index is 2.51. The van der Waals surface area contributed by atoms with Crippen LogP contribution in [-0.2, 0) is 6.42 Å². The third-order valence-corrected chi connectivity index (χ3v) is 2.60. The predicted molar refractivity (Wildman–Crippen MR) is 64.0 cm³/mol. The van der Waals surface area contributed by atoms with Crippen LogP contribution in [-0.4, -0.2) is 5.38 Å². The van der Waals surface area contributed by atoms with E-state index in [-0.39, 0.29) is 5.38 Å². The average molecular weight is 211 g/mol. The van der Waals surface area contributed by atoms with Gasteiger partial charge in [-0.15, -0.1) is 11.6 Å². The Labute approximate surface area is 92.3 Å². The van der Waals surface area contributed by atoms with E-state index >= 15 is 0 Å². The Morgan fingerprint density at radius 1 is 1.29 bits per heavy atom. The van der Waals surface area contributed by atoms with Crippen molar-refractivity contribution >= 4 is 11.6 Å². The molecule has 1 unspecified atom stereocenters. The Hall–Kier alpha value is -0.490. The summed E-state index contributed by atoms with van der Waals surface area (Å²) in [6.07, 6.45) is 2.08. The lowest BCUT2D eigenvalue weighted by Crippen LogP contribution is -2.07. The Morgan fingerprint density at radius 3 is 2.57 bits per heavy atom. The van der Waals surface area contributed by atoms with Gasteiger partial charge >= 0.3 is 0 Å². The fourth-order valence-electron chi connectivity index (χ4n) is 1.69. The number of halogens is 1. The molecular weight excluding hydrogens is 192 g/mol. The maximum atomic E-state index is 6.26. The zero-order valence-corrected chi connectivity index (χ0v) is 10.0. The summed E-state index contributed by atoms with van der Waals surface area (Å²) >= 11 is 6.26. The molecule has 14 heavy (non-hydrogen) atoms. The van der Waals surface area contributed by atoms with Gasteiger partial charge in [-0.3, -0.25) is 0 Å². The normalized spacial score (nSPS) is 13.2. The number of hydrogen-bond donors (Lipinski definition) is 0. The molecule has 0 aliphatic rings. The highest BCUT2D eigenvalue weighted by Gasteiger charge is 2.08. The number of hydrogen-bond acceptors (Lipinski definition) is 0. The summed E-state index contributed by atoms with van der Waals surface area (Å²) in [5.74, 6) is 0.683. The molecule has 0 radical (unpaired) electrons. The molecule has 0 spiro atoms. The van der Waals surface area contributed by atoms with Crippen molar-refractivity contribution in [3.8, 4) is 0 Å². The van der Waals surface area contributed by atoms with E-state index in [4.69, 9.17) is 11.6 Å². The van der Waals surface area contributed by atoms with Gasteiger partial charge in [-0.25, -0.2) is 0 Å². The van der Waals surface area contributed by atoms with Crippen molar-refractivity contribution in [1.82, 2.24) is 0 Å². The number of rotatable bonds is 4. The first kappa shape index (κ1) is 11.6. The molecule has 1 heteroatoms. The third-order valence-electron chi connectivity index (χ3n) is 2.27. The summed E-state index contributed by atoms with van der Waals surface area (Å²) in [4.78, 5) is 0. The maximum absolute atomic E-state index is 6.26. The van der Waals surface area contributed by atoms with Crippen LogP contribution in [0.2, 0.25) is 0 Å². The quantitative estimate of drug-likeness (QED) is 0.654. The monoisotopic (exact) mass is 210 g/mol. The smallest absolute Gasteiger partial charge is 0.0378 e. The molecule has 0 aliphatic heterocycles. The largest absolute Gasteiger partial charge is 0.123 e. The van der Waals surface area contributed by atoms with Gasteiger partial charge in [0.1, 0.15) is 0 Å². The number of benzene rings is 1. The second-order valence-electron chi connectivity index (χ2n) is 4.42. The Morgan fingerprint density at radius 2 is 2.00 bits per heavy atom. The molecule has 78 valence electrons. The molecule has 0 heterocycles. The van der Waals surface area contributed by atoms with E-state index in [1.54, 1.807) is 0 Å².